The van der Waals surface area contributed by atoms with Crippen LogP contribution < -0.4 is 0 Å². The van der Waals surface area contributed by atoms with Crippen molar-refractivity contribution >= 4 is 33.2 Å². The minimum absolute atomic E-state index is 0.714. The SMILES string of the molecule is ClCCCC1CCCN1Cc1nc2ccccc2s1. The number of benzene rings is 1. The van der Waals surface area contributed by atoms with Crippen LogP contribution in [0.4, 0.5) is 0 Å². The van der Waals surface area contributed by atoms with Crippen molar-refractivity contribution in [3.63, 3.8) is 0 Å². The molecular formula is C15H19ClN2S. The molecule has 2 nitrogen and oxygen atoms in total. The molecule has 1 saturated heterocycles. The zero-order chi connectivity index (χ0) is 13.1. The van der Waals surface area contributed by atoms with Gasteiger partial charge in [0.1, 0.15) is 5.01 Å². The van der Waals surface area contributed by atoms with Gasteiger partial charge in [-0.15, -0.1) is 22.9 Å². The molecule has 4 heteroatoms. The van der Waals surface area contributed by atoms with Crippen molar-refractivity contribution in [1.82, 2.24) is 9.88 Å². The third kappa shape index (κ3) is 3.10. The van der Waals surface area contributed by atoms with Crippen LogP contribution in [0, 0.1) is 0 Å². The Morgan fingerprint density at radius 3 is 3.11 bits per heavy atom. The number of hydrogen-bond donors (Lipinski definition) is 0. The second-order valence-corrected chi connectivity index (χ2v) is 6.67. The average Bonchev–Trinajstić information content (AvgIpc) is 3.02. The minimum Gasteiger partial charge on any atom is -0.294 e. The van der Waals surface area contributed by atoms with E-state index in [0.717, 1.165) is 24.4 Å². The van der Waals surface area contributed by atoms with Crippen molar-refractivity contribution in [2.75, 3.05) is 12.4 Å². The van der Waals surface area contributed by atoms with E-state index in [1.165, 1.54) is 35.5 Å². The van der Waals surface area contributed by atoms with Gasteiger partial charge in [0.2, 0.25) is 0 Å². The summed E-state index contributed by atoms with van der Waals surface area (Å²) in [6.45, 7) is 2.22. The number of halogens is 1. The molecule has 0 radical (unpaired) electrons. The molecule has 3 rings (SSSR count). The predicted octanol–water partition coefficient (Wildman–Crippen LogP) is 4.28. The van der Waals surface area contributed by atoms with Crippen LogP contribution in [0.2, 0.25) is 0 Å². The molecule has 0 amide bonds. The summed E-state index contributed by atoms with van der Waals surface area (Å²) < 4.78 is 1.30. The Bertz CT molecular complexity index is 507. The summed E-state index contributed by atoms with van der Waals surface area (Å²) in [4.78, 5) is 7.33. The lowest BCUT2D eigenvalue weighted by Gasteiger charge is -2.22. The van der Waals surface area contributed by atoms with Crippen molar-refractivity contribution in [2.45, 2.75) is 38.3 Å². The molecule has 0 spiro atoms. The largest absolute Gasteiger partial charge is 0.294 e. The lowest BCUT2D eigenvalue weighted by atomic mass is 10.1. The van der Waals surface area contributed by atoms with Gasteiger partial charge in [0.25, 0.3) is 0 Å². The Kier molecular flexibility index (Phi) is 4.36. The summed E-state index contributed by atoms with van der Waals surface area (Å²) in [5.74, 6) is 0.783. The van der Waals surface area contributed by atoms with E-state index < -0.39 is 0 Å². The van der Waals surface area contributed by atoms with Crippen molar-refractivity contribution in [1.29, 1.82) is 0 Å². The second kappa shape index (κ2) is 6.21. The summed E-state index contributed by atoms with van der Waals surface area (Å²) in [6, 6.07) is 9.12. The van der Waals surface area contributed by atoms with Gasteiger partial charge in [-0.05, 0) is 44.4 Å². The third-order valence-electron chi connectivity index (χ3n) is 3.85. The fourth-order valence-electron chi connectivity index (χ4n) is 2.90. The quantitative estimate of drug-likeness (QED) is 0.765. The van der Waals surface area contributed by atoms with Crippen LogP contribution in [0.15, 0.2) is 24.3 Å². The molecule has 1 aliphatic rings. The van der Waals surface area contributed by atoms with Crippen LogP contribution in [0.3, 0.4) is 0 Å². The Morgan fingerprint density at radius 2 is 2.26 bits per heavy atom. The normalized spacial score (nSPS) is 20.4. The van der Waals surface area contributed by atoms with Crippen LogP contribution in [-0.2, 0) is 6.54 Å². The van der Waals surface area contributed by atoms with E-state index in [2.05, 4.69) is 29.2 Å². The van der Waals surface area contributed by atoms with Crippen LogP contribution in [0.1, 0.15) is 30.7 Å². The number of hydrogen-bond acceptors (Lipinski definition) is 3. The zero-order valence-electron chi connectivity index (χ0n) is 11.0. The summed E-state index contributed by atoms with van der Waals surface area (Å²) in [5, 5.41) is 1.25. The van der Waals surface area contributed by atoms with Gasteiger partial charge < -0.3 is 0 Å². The van der Waals surface area contributed by atoms with Crippen molar-refractivity contribution in [3.05, 3.63) is 29.3 Å². The molecule has 0 aliphatic carbocycles. The van der Waals surface area contributed by atoms with Crippen molar-refractivity contribution in [2.24, 2.45) is 0 Å². The summed E-state index contributed by atoms with van der Waals surface area (Å²) in [7, 11) is 0. The Labute approximate surface area is 123 Å². The van der Waals surface area contributed by atoms with Gasteiger partial charge in [0.05, 0.1) is 16.8 Å². The van der Waals surface area contributed by atoms with Gasteiger partial charge in [0, 0.05) is 11.9 Å². The van der Waals surface area contributed by atoms with E-state index in [9.17, 15) is 0 Å². The Morgan fingerprint density at radius 1 is 1.37 bits per heavy atom. The summed E-state index contributed by atoms with van der Waals surface area (Å²) in [5.41, 5.74) is 1.14. The summed E-state index contributed by atoms with van der Waals surface area (Å²) in [6.07, 6.45) is 5.00. The molecule has 1 aromatic heterocycles. The number of thiazole rings is 1. The number of para-hydroxylation sites is 1. The molecule has 1 atom stereocenters. The Hall–Kier alpha value is -0.640. The highest BCUT2D eigenvalue weighted by Gasteiger charge is 2.24. The maximum atomic E-state index is 5.81. The van der Waals surface area contributed by atoms with Crippen molar-refractivity contribution in [3.8, 4) is 0 Å². The number of rotatable bonds is 5. The molecule has 0 bridgehead atoms. The monoisotopic (exact) mass is 294 g/mol. The van der Waals surface area contributed by atoms with Crippen LogP contribution >= 0.6 is 22.9 Å². The molecule has 102 valence electrons. The van der Waals surface area contributed by atoms with Crippen LogP contribution in [0.25, 0.3) is 10.2 Å². The van der Waals surface area contributed by atoms with E-state index in [0.29, 0.717) is 6.04 Å². The first kappa shape index (κ1) is 13.3. The maximum Gasteiger partial charge on any atom is 0.108 e. The molecule has 0 N–H and O–H groups in total. The highest BCUT2D eigenvalue weighted by molar-refractivity contribution is 7.18. The lowest BCUT2D eigenvalue weighted by Crippen LogP contribution is -2.28. The van der Waals surface area contributed by atoms with E-state index >= 15 is 0 Å². The van der Waals surface area contributed by atoms with Gasteiger partial charge in [-0.25, -0.2) is 4.98 Å². The fourth-order valence-corrected chi connectivity index (χ4v) is 4.05. The third-order valence-corrected chi connectivity index (χ3v) is 5.13. The summed E-state index contributed by atoms with van der Waals surface area (Å²) >= 11 is 7.64. The molecular weight excluding hydrogens is 276 g/mol. The number of aromatic nitrogens is 1. The standard InChI is InChI=1S/C15H19ClN2S/c16-9-3-5-12-6-4-10-18(12)11-15-17-13-7-1-2-8-14(13)19-15/h1-2,7-8,12H,3-6,9-11H2. The first-order chi connectivity index (χ1) is 9.36. The number of likely N-dealkylation sites (tertiary alicyclic amines) is 1. The topological polar surface area (TPSA) is 16.1 Å². The van der Waals surface area contributed by atoms with Crippen LogP contribution in [-0.4, -0.2) is 28.4 Å². The fraction of sp³-hybridized carbons (Fsp3) is 0.533. The smallest absolute Gasteiger partial charge is 0.108 e. The second-order valence-electron chi connectivity index (χ2n) is 5.17. The highest BCUT2D eigenvalue weighted by atomic mass is 35.5. The first-order valence-electron chi connectivity index (χ1n) is 7.01. The Balaban J connectivity index is 1.69. The molecule has 0 saturated carbocycles. The maximum absolute atomic E-state index is 5.81. The molecule has 19 heavy (non-hydrogen) atoms. The van der Waals surface area contributed by atoms with E-state index in [-0.39, 0.29) is 0 Å². The van der Waals surface area contributed by atoms with Gasteiger partial charge in [-0.3, -0.25) is 4.90 Å². The highest BCUT2D eigenvalue weighted by Crippen LogP contribution is 2.27. The zero-order valence-corrected chi connectivity index (χ0v) is 12.6. The van der Waals surface area contributed by atoms with Gasteiger partial charge in [-0.2, -0.15) is 0 Å². The molecule has 2 heterocycles. The molecule has 1 unspecified atom stereocenters. The van der Waals surface area contributed by atoms with E-state index in [4.69, 9.17) is 16.6 Å². The van der Waals surface area contributed by atoms with E-state index in [1.807, 2.05) is 11.3 Å². The van der Waals surface area contributed by atoms with Gasteiger partial charge in [-0.1, -0.05) is 12.1 Å². The molecule has 1 aromatic carbocycles. The number of nitrogens with zero attached hydrogens (tertiary/aromatic N) is 2. The lowest BCUT2D eigenvalue weighted by molar-refractivity contribution is 0.233. The number of fused-ring (bicyclic) bond motifs is 1. The van der Waals surface area contributed by atoms with Gasteiger partial charge in [0.15, 0.2) is 0 Å². The molecule has 1 aliphatic heterocycles. The van der Waals surface area contributed by atoms with Gasteiger partial charge >= 0.3 is 0 Å². The first-order valence-corrected chi connectivity index (χ1v) is 8.36. The molecule has 1 fully saturated rings. The van der Waals surface area contributed by atoms with E-state index in [1.54, 1.807) is 0 Å². The average molecular weight is 295 g/mol. The van der Waals surface area contributed by atoms with Crippen LogP contribution in [0.5, 0.6) is 0 Å². The molecule has 2 aromatic rings. The number of alkyl halides is 1. The predicted molar refractivity (Wildman–Crippen MR) is 83.0 cm³/mol. The minimum atomic E-state index is 0.714. The van der Waals surface area contributed by atoms with Crippen molar-refractivity contribution < 1.29 is 0 Å².